The average molecular weight is 320 g/mol. The lowest BCUT2D eigenvalue weighted by atomic mass is 9.93. The van der Waals surface area contributed by atoms with Gasteiger partial charge in [0.25, 0.3) is 0 Å². The fraction of sp³-hybridized carbons (Fsp3) is 0.533. The van der Waals surface area contributed by atoms with Crippen LogP contribution < -0.4 is 5.32 Å². The van der Waals surface area contributed by atoms with E-state index in [1.165, 1.54) is 11.5 Å². The highest BCUT2D eigenvalue weighted by Gasteiger charge is 2.38. The number of hydrogen-bond donors (Lipinski definition) is 1. The van der Waals surface area contributed by atoms with Gasteiger partial charge in [0.05, 0.1) is 23.4 Å². The van der Waals surface area contributed by atoms with Gasteiger partial charge in [-0.3, -0.25) is 9.48 Å². The largest absolute Gasteiger partial charge is 0.373 e. The van der Waals surface area contributed by atoms with E-state index >= 15 is 0 Å². The molecule has 7 heteroatoms. The minimum absolute atomic E-state index is 0.00574. The Morgan fingerprint density at radius 1 is 1.45 bits per heavy atom. The van der Waals surface area contributed by atoms with E-state index in [0.29, 0.717) is 6.61 Å². The number of rotatable bonds is 3. The molecule has 0 spiro atoms. The fourth-order valence-corrected chi connectivity index (χ4v) is 3.65. The third kappa shape index (κ3) is 2.66. The average Bonchev–Trinajstić information content (AvgIpc) is 3.12. The number of nitrogens with zero attached hydrogens (tertiary/aromatic N) is 3. The maximum absolute atomic E-state index is 12.6. The van der Waals surface area contributed by atoms with Crippen molar-refractivity contribution in [1.82, 2.24) is 14.2 Å². The summed E-state index contributed by atoms with van der Waals surface area (Å²) in [4.78, 5) is 12.6. The van der Waals surface area contributed by atoms with Crippen LogP contribution >= 0.6 is 11.5 Å². The highest BCUT2D eigenvalue weighted by Crippen LogP contribution is 2.38. The molecule has 0 unspecified atom stereocenters. The molecule has 0 aromatic carbocycles. The van der Waals surface area contributed by atoms with Gasteiger partial charge in [0.2, 0.25) is 5.91 Å². The van der Waals surface area contributed by atoms with Crippen LogP contribution in [0.3, 0.4) is 0 Å². The number of aromatic nitrogens is 3. The van der Waals surface area contributed by atoms with Crippen LogP contribution in [0, 0.1) is 26.7 Å². The van der Waals surface area contributed by atoms with Crippen LogP contribution in [0.5, 0.6) is 0 Å². The van der Waals surface area contributed by atoms with E-state index in [2.05, 4.69) is 14.8 Å². The molecule has 1 amide bonds. The maximum atomic E-state index is 12.6. The van der Waals surface area contributed by atoms with Gasteiger partial charge in [-0.25, -0.2) is 0 Å². The lowest BCUT2D eigenvalue weighted by molar-refractivity contribution is -0.121. The molecule has 6 nitrogen and oxygen atoms in total. The summed E-state index contributed by atoms with van der Waals surface area (Å²) >= 11 is 1.30. The lowest BCUT2D eigenvalue weighted by Crippen LogP contribution is -2.25. The van der Waals surface area contributed by atoms with Crippen LogP contribution in [0.4, 0.5) is 5.00 Å². The molecular weight excluding hydrogens is 300 g/mol. The van der Waals surface area contributed by atoms with E-state index in [1.807, 2.05) is 38.6 Å². The Balaban J connectivity index is 1.82. The van der Waals surface area contributed by atoms with Crippen LogP contribution in [0.2, 0.25) is 0 Å². The Morgan fingerprint density at radius 3 is 2.82 bits per heavy atom. The molecule has 2 aromatic heterocycles. The van der Waals surface area contributed by atoms with Gasteiger partial charge in [0, 0.05) is 24.9 Å². The quantitative estimate of drug-likeness (QED) is 0.943. The summed E-state index contributed by atoms with van der Waals surface area (Å²) in [6, 6.07) is 1.88. The van der Waals surface area contributed by atoms with Crippen LogP contribution in [0.15, 0.2) is 6.07 Å². The molecule has 1 saturated heterocycles. The first-order chi connectivity index (χ1) is 10.5. The summed E-state index contributed by atoms with van der Waals surface area (Å²) in [5.41, 5.74) is 3.94. The van der Waals surface area contributed by atoms with Crippen molar-refractivity contribution in [3.8, 4) is 0 Å². The zero-order chi connectivity index (χ0) is 15.9. The second kappa shape index (κ2) is 5.81. The molecule has 0 aliphatic carbocycles. The van der Waals surface area contributed by atoms with E-state index in [4.69, 9.17) is 4.74 Å². The van der Waals surface area contributed by atoms with E-state index < -0.39 is 0 Å². The van der Waals surface area contributed by atoms with Crippen molar-refractivity contribution in [1.29, 1.82) is 0 Å². The number of ether oxygens (including phenoxy) is 1. The van der Waals surface area contributed by atoms with Gasteiger partial charge in [-0.1, -0.05) is 0 Å². The Labute approximate surface area is 133 Å². The third-order valence-electron chi connectivity index (χ3n) is 4.15. The Bertz CT molecular complexity index is 706. The Morgan fingerprint density at radius 2 is 2.23 bits per heavy atom. The van der Waals surface area contributed by atoms with Crippen molar-refractivity contribution in [2.75, 3.05) is 11.9 Å². The first-order valence-corrected chi connectivity index (χ1v) is 8.10. The standard InChI is InChI=1S/C15H20N4O2S/c1-8-7-12(22-18-8)16-15(20)11-5-6-21-14(11)13-9(2)17-19(4)10(13)3/h7,11,14H,5-6H2,1-4H3,(H,16,20)/t11-,14-/m0/s1. The molecule has 22 heavy (non-hydrogen) atoms. The first-order valence-electron chi connectivity index (χ1n) is 7.33. The summed E-state index contributed by atoms with van der Waals surface area (Å²) in [6.45, 7) is 6.48. The van der Waals surface area contributed by atoms with E-state index in [0.717, 1.165) is 34.1 Å². The highest BCUT2D eigenvalue weighted by molar-refractivity contribution is 7.10. The van der Waals surface area contributed by atoms with E-state index in [9.17, 15) is 4.79 Å². The molecule has 0 radical (unpaired) electrons. The van der Waals surface area contributed by atoms with Crippen LogP contribution in [0.1, 0.15) is 35.2 Å². The molecule has 0 saturated carbocycles. The number of carbonyl (C=O) groups is 1. The summed E-state index contributed by atoms with van der Waals surface area (Å²) < 4.78 is 11.9. The zero-order valence-corrected chi connectivity index (χ0v) is 14.0. The topological polar surface area (TPSA) is 69.0 Å². The molecule has 3 heterocycles. The number of aryl methyl sites for hydroxylation is 3. The monoisotopic (exact) mass is 320 g/mol. The summed E-state index contributed by atoms with van der Waals surface area (Å²) in [7, 11) is 1.91. The van der Waals surface area contributed by atoms with Gasteiger partial charge in [-0.2, -0.15) is 9.47 Å². The minimum atomic E-state index is -0.220. The number of carbonyl (C=O) groups excluding carboxylic acids is 1. The van der Waals surface area contributed by atoms with Crippen molar-refractivity contribution in [2.45, 2.75) is 33.3 Å². The Hall–Kier alpha value is -1.73. The maximum Gasteiger partial charge on any atom is 0.231 e. The van der Waals surface area contributed by atoms with Gasteiger partial charge in [0.15, 0.2) is 0 Å². The smallest absolute Gasteiger partial charge is 0.231 e. The van der Waals surface area contributed by atoms with E-state index in [1.54, 1.807) is 0 Å². The summed E-state index contributed by atoms with van der Waals surface area (Å²) in [6.07, 6.45) is 0.505. The summed E-state index contributed by atoms with van der Waals surface area (Å²) in [5.74, 6) is -0.196. The normalized spacial score (nSPS) is 21.3. The van der Waals surface area contributed by atoms with Gasteiger partial charge in [-0.05, 0) is 44.8 Å². The van der Waals surface area contributed by atoms with Crippen molar-refractivity contribution in [3.05, 3.63) is 28.7 Å². The first kappa shape index (κ1) is 15.2. The second-order valence-electron chi connectivity index (χ2n) is 5.72. The SMILES string of the molecule is Cc1cc(NC(=O)[C@H]2CCO[C@@H]2c2c(C)nn(C)c2C)sn1. The predicted octanol–water partition coefficient (Wildman–Crippen LogP) is 2.52. The Kier molecular flexibility index (Phi) is 4.01. The van der Waals surface area contributed by atoms with Crippen molar-refractivity contribution in [2.24, 2.45) is 13.0 Å². The molecule has 2 aromatic rings. The number of anilines is 1. The highest BCUT2D eigenvalue weighted by atomic mass is 32.1. The lowest BCUT2D eigenvalue weighted by Gasteiger charge is -2.18. The minimum Gasteiger partial charge on any atom is -0.373 e. The molecule has 1 aliphatic heterocycles. The van der Waals surface area contributed by atoms with Crippen LogP contribution in [0.25, 0.3) is 0 Å². The molecule has 2 atom stereocenters. The molecular formula is C15H20N4O2S. The van der Waals surface area contributed by atoms with Crippen LogP contribution in [-0.4, -0.2) is 26.7 Å². The molecule has 1 fully saturated rings. The molecule has 118 valence electrons. The van der Waals surface area contributed by atoms with Crippen LogP contribution in [-0.2, 0) is 16.6 Å². The molecule has 0 bridgehead atoms. The number of nitrogens with one attached hydrogen (secondary N) is 1. The second-order valence-corrected chi connectivity index (χ2v) is 6.52. The van der Waals surface area contributed by atoms with Gasteiger partial charge < -0.3 is 10.1 Å². The van der Waals surface area contributed by atoms with Gasteiger partial charge in [-0.15, -0.1) is 0 Å². The molecule has 1 aliphatic rings. The molecule has 1 N–H and O–H groups in total. The number of amides is 1. The van der Waals surface area contributed by atoms with E-state index in [-0.39, 0.29) is 17.9 Å². The van der Waals surface area contributed by atoms with Crippen molar-refractivity contribution < 1.29 is 9.53 Å². The van der Waals surface area contributed by atoms with Gasteiger partial charge in [0.1, 0.15) is 5.00 Å². The van der Waals surface area contributed by atoms with Crippen molar-refractivity contribution >= 4 is 22.4 Å². The van der Waals surface area contributed by atoms with Gasteiger partial charge >= 0.3 is 0 Å². The predicted molar refractivity (Wildman–Crippen MR) is 85.0 cm³/mol. The fourth-order valence-electron chi connectivity index (χ4n) is 2.98. The summed E-state index contributed by atoms with van der Waals surface area (Å²) in [5, 5.41) is 8.18. The van der Waals surface area contributed by atoms with Crippen molar-refractivity contribution in [3.63, 3.8) is 0 Å². The third-order valence-corrected chi connectivity index (χ3v) is 4.95. The number of hydrogen-bond acceptors (Lipinski definition) is 5. The molecule has 3 rings (SSSR count). The zero-order valence-electron chi connectivity index (χ0n) is 13.2.